The number of rotatable bonds is 0. The second kappa shape index (κ2) is 3.61. The highest BCUT2D eigenvalue weighted by Crippen LogP contribution is 2.39. The van der Waals surface area contributed by atoms with Gasteiger partial charge in [0, 0.05) is 6.04 Å². The van der Waals surface area contributed by atoms with E-state index in [0.717, 1.165) is 29.7 Å². The summed E-state index contributed by atoms with van der Waals surface area (Å²) in [4.78, 5) is 0. The van der Waals surface area contributed by atoms with E-state index in [2.05, 4.69) is 26.1 Å². The molecule has 1 heterocycles. The van der Waals surface area contributed by atoms with E-state index in [1.807, 2.05) is 0 Å². The summed E-state index contributed by atoms with van der Waals surface area (Å²) in [5, 5.41) is 3.72. The number of fused-ring (bicyclic) bond motifs is 1. The van der Waals surface area contributed by atoms with Gasteiger partial charge in [-0.15, -0.1) is 0 Å². The van der Waals surface area contributed by atoms with Crippen LogP contribution in [-0.2, 0) is 0 Å². The van der Waals surface area contributed by atoms with Crippen LogP contribution < -0.4 is 5.32 Å². The molecule has 1 N–H and O–H groups in total. The Morgan fingerprint density at radius 1 is 1.08 bits per heavy atom. The minimum Gasteiger partial charge on any atom is -0.313 e. The second-order valence-electron chi connectivity index (χ2n) is 5.43. The zero-order valence-electron chi connectivity index (χ0n) is 9.22. The number of hydrogen-bond acceptors (Lipinski definition) is 1. The first-order valence-corrected chi connectivity index (χ1v) is 5.92. The number of nitrogens with one attached hydrogen (secondary N) is 1. The molecule has 1 aliphatic heterocycles. The van der Waals surface area contributed by atoms with Gasteiger partial charge >= 0.3 is 0 Å². The van der Waals surface area contributed by atoms with E-state index in [0.29, 0.717) is 0 Å². The van der Waals surface area contributed by atoms with Crippen LogP contribution in [0.15, 0.2) is 0 Å². The highest BCUT2D eigenvalue weighted by atomic mass is 14.9. The molecule has 2 rings (SSSR count). The average molecular weight is 181 g/mol. The van der Waals surface area contributed by atoms with Gasteiger partial charge < -0.3 is 5.32 Å². The lowest BCUT2D eigenvalue weighted by Gasteiger charge is -2.45. The van der Waals surface area contributed by atoms with Crippen molar-refractivity contribution in [2.75, 3.05) is 6.54 Å². The number of piperidine rings is 1. The second-order valence-corrected chi connectivity index (χ2v) is 5.43. The monoisotopic (exact) mass is 181 g/mol. The van der Waals surface area contributed by atoms with Crippen LogP contribution in [0.25, 0.3) is 0 Å². The Morgan fingerprint density at radius 2 is 1.85 bits per heavy atom. The van der Waals surface area contributed by atoms with Gasteiger partial charge in [-0.1, -0.05) is 20.8 Å². The molecule has 5 atom stereocenters. The van der Waals surface area contributed by atoms with Crippen molar-refractivity contribution < 1.29 is 0 Å². The molecule has 2 fully saturated rings. The third-order valence-electron chi connectivity index (χ3n) is 4.43. The highest BCUT2D eigenvalue weighted by molar-refractivity contribution is 4.92. The molecule has 76 valence electrons. The molecule has 2 aliphatic rings. The SMILES string of the molecule is CC1CNC2CCC(C)C(C)C2C1. The van der Waals surface area contributed by atoms with Crippen LogP contribution in [0.2, 0.25) is 0 Å². The molecular weight excluding hydrogens is 158 g/mol. The van der Waals surface area contributed by atoms with Gasteiger partial charge in [0.2, 0.25) is 0 Å². The summed E-state index contributed by atoms with van der Waals surface area (Å²) in [7, 11) is 0. The molecule has 0 amide bonds. The third kappa shape index (κ3) is 1.76. The molecule has 0 spiro atoms. The van der Waals surface area contributed by atoms with Gasteiger partial charge in [0.15, 0.2) is 0 Å². The van der Waals surface area contributed by atoms with Crippen molar-refractivity contribution in [3.63, 3.8) is 0 Å². The molecule has 13 heavy (non-hydrogen) atoms. The van der Waals surface area contributed by atoms with Gasteiger partial charge in [0.1, 0.15) is 0 Å². The molecule has 0 aromatic carbocycles. The summed E-state index contributed by atoms with van der Waals surface area (Å²) >= 11 is 0. The fraction of sp³-hybridized carbons (Fsp3) is 1.00. The number of hydrogen-bond donors (Lipinski definition) is 1. The van der Waals surface area contributed by atoms with Crippen LogP contribution in [0.5, 0.6) is 0 Å². The van der Waals surface area contributed by atoms with Gasteiger partial charge in [0.05, 0.1) is 0 Å². The van der Waals surface area contributed by atoms with E-state index in [-0.39, 0.29) is 0 Å². The van der Waals surface area contributed by atoms with E-state index in [9.17, 15) is 0 Å². The molecule has 0 bridgehead atoms. The van der Waals surface area contributed by atoms with Crippen molar-refractivity contribution in [1.82, 2.24) is 5.32 Å². The third-order valence-corrected chi connectivity index (χ3v) is 4.43. The first-order chi connectivity index (χ1) is 6.18. The van der Waals surface area contributed by atoms with Gasteiger partial charge in [-0.25, -0.2) is 0 Å². The first-order valence-electron chi connectivity index (χ1n) is 5.92. The van der Waals surface area contributed by atoms with Crippen LogP contribution in [-0.4, -0.2) is 12.6 Å². The van der Waals surface area contributed by atoms with E-state index < -0.39 is 0 Å². The van der Waals surface area contributed by atoms with Crippen molar-refractivity contribution in [3.05, 3.63) is 0 Å². The summed E-state index contributed by atoms with van der Waals surface area (Å²) in [6.07, 6.45) is 4.32. The molecule has 1 saturated heterocycles. The van der Waals surface area contributed by atoms with Crippen LogP contribution in [0.4, 0.5) is 0 Å². The van der Waals surface area contributed by atoms with Gasteiger partial charge in [-0.05, 0) is 49.5 Å². The topological polar surface area (TPSA) is 12.0 Å². The fourth-order valence-corrected chi connectivity index (χ4v) is 3.24. The maximum atomic E-state index is 3.72. The Kier molecular flexibility index (Phi) is 2.64. The Morgan fingerprint density at radius 3 is 2.62 bits per heavy atom. The van der Waals surface area contributed by atoms with Crippen molar-refractivity contribution >= 4 is 0 Å². The standard InChI is InChI=1S/C12H23N/c1-8-6-11-10(3)9(2)4-5-12(11)13-7-8/h8-13H,4-7H2,1-3H3. The molecule has 1 aliphatic carbocycles. The molecule has 1 saturated carbocycles. The van der Waals surface area contributed by atoms with Crippen LogP contribution in [0, 0.1) is 23.7 Å². The molecule has 1 nitrogen and oxygen atoms in total. The summed E-state index contributed by atoms with van der Waals surface area (Å²) in [5.74, 6) is 3.75. The van der Waals surface area contributed by atoms with Crippen LogP contribution in [0.1, 0.15) is 40.0 Å². The van der Waals surface area contributed by atoms with Crippen molar-refractivity contribution in [3.8, 4) is 0 Å². The minimum absolute atomic E-state index is 0.849. The maximum absolute atomic E-state index is 3.72. The lowest BCUT2D eigenvalue weighted by atomic mass is 9.66. The van der Waals surface area contributed by atoms with Gasteiger partial charge in [0.25, 0.3) is 0 Å². The zero-order valence-corrected chi connectivity index (χ0v) is 9.22. The first kappa shape index (κ1) is 9.51. The van der Waals surface area contributed by atoms with E-state index in [1.165, 1.54) is 25.8 Å². The van der Waals surface area contributed by atoms with Gasteiger partial charge in [-0.3, -0.25) is 0 Å². The molecule has 0 radical (unpaired) electrons. The Labute approximate surface area is 82.3 Å². The summed E-state index contributed by atoms with van der Waals surface area (Å²) in [6.45, 7) is 8.53. The van der Waals surface area contributed by atoms with Crippen molar-refractivity contribution in [2.45, 2.75) is 46.1 Å². The Bertz CT molecular complexity index is 174. The van der Waals surface area contributed by atoms with E-state index in [1.54, 1.807) is 0 Å². The Hall–Kier alpha value is -0.0400. The smallest absolute Gasteiger partial charge is 0.00982 e. The lowest BCUT2D eigenvalue weighted by Crippen LogP contribution is -2.50. The maximum Gasteiger partial charge on any atom is 0.00982 e. The van der Waals surface area contributed by atoms with E-state index >= 15 is 0 Å². The summed E-state index contributed by atoms with van der Waals surface area (Å²) in [5.41, 5.74) is 0. The highest BCUT2D eigenvalue weighted by Gasteiger charge is 2.37. The van der Waals surface area contributed by atoms with Crippen LogP contribution >= 0.6 is 0 Å². The van der Waals surface area contributed by atoms with Gasteiger partial charge in [-0.2, -0.15) is 0 Å². The molecular formula is C12H23N. The predicted molar refractivity (Wildman–Crippen MR) is 56.6 cm³/mol. The van der Waals surface area contributed by atoms with Crippen LogP contribution in [0.3, 0.4) is 0 Å². The molecule has 0 aromatic rings. The normalized spacial score (nSPS) is 51.5. The average Bonchev–Trinajstić information content (AvgIpc) is 2.12. The lowest BCUT2D eigenvalue weighted by molar-refractivity contribution is 0.0836. The Balaban J connectivity index is 2.04. The van der Waals surface area contributed by atoms with Crippen molar-refractivity contribution in [1.29, 1.82) is 0 Å². The zero-order chi connectivity index (χ0) is 9.42. The fourth-order valence-electron chi connectivity index (χ4n) is 3.24. The largest absolute Gasteiger partial charge is 0.313 e. The molecule has 1 heteroatoms. The summed E-state index contributed by atoms with van der Waals surface area (Å²) in [6, 6.07) is 0.849. The quantitative estimate of drug-likeness (QED) is 0.606. The van der Waals surface area contributed by atoms with Crippen molar-refractivity contribution in [2.24, 2.45) is 23.7 Å². The predicted octanol–water partition coefficient (Wildman–Crippen LogP) is 2.67. The van der Waals surface area contributed by atoms with E-state index in [4.69, 9.17) is 0 Å². The summed E-state index contributed by atoms with van der Waals surface area (Å²) < 4.78 is 0. The molecule has 5 unspecified atom stereocenters. The molecule has 0 aromatic heterocycles. The minimum atomic E-state index is 0.849.